The second-order valence-corrected chi connectivity index (χ2v) is 10.6. The fraction of sp³-hybridized carbons (Fsp3) is 0.273. The number of hydrogen-bond acceptors (Lipinski definition) is 8. The van der Waals surface area contributed by atoms with Crippen LogP contribution in [-0.2, 0) is 20.2 Å². The van der Waals surface area contributed by atoms with Crippen molar-refractivity contribution in [3.8, 4) is 11.5 Å². The van der Waals surface area contributed by atoms with Crippen molar-refractivity contribution in [1.29, 1.82) is 0 Å². The lowest BCUT2D eigenvalue weighted by Gasteiger charge is -2.18. The number of aliphatic hydroxyl groups is 2. The van der Waals surface area contributed by atoms with E-state index in [2.05, 4.69) is 9.51 Å². The molecule has 1 saturated heterocycles. The van der Waals surface area contributed by atoms with E-state index in [1.54, 1.807) is 36.4 Å². The Morgan fingerprint density at radius 3 is 2.51 bits per heavy atom. The maximum absolute atomic E-state index is 12.6. The number of aliphatic hydroxyl groups excluding tert-OH is 2. The van der Waals surface area contributed by atoms with Crippen LogP contribution in [0, 0.1) is 4.64 Å². The minimum Gasteiger partial charge on any atom is -0.457 e. The van der Waals surface area contributed by atoms with E-state index in [-0.39, 0.29) is 11.1 Å². The van der Waals surface area contributed by atoms with Gasteiger partial charge in [0.05, 0.1) is 16.7 Å². The molecule has 0 aliphatic carbocycles. The largest absolute Gasteiger partial charge is 0.469 e. The SMILES string of the molecule is O=c1[nH]c(=S)c(Cc2cccc(Oc3ccc(Cl)c(Cl)c3)c2)cn1[C@@H]1O[C@H](COP(=O)(O)O)[C@@H](O)[C@H]1O. The molecule has 37 heavy (non-hydrogen) atoms. The third kappa shape index (κ3) is 6.87. The second kappa shape index (κ2) is 11.3. The Balaban J connectivity index is 1.55. The molecule has 1 aliphatic rings. The molecule has 1 aliphatic heterocycles. The fourth-order valence-corrected chi connectivity index (χ4v) is 4.57. The maximum Gasteiger partial charge on any atom is 0.469 e. The van der Waals surface area contributed by atoms with Crippen molar-refractivity contribution >= 4 is 43.2 Å². The summed E-state index contributed by atoms with van der Waals surface area (Å²) in [5.74, 6) is 1.00. The van der Waals surface area contributed by atoms with Crippen molar-refractivity contribution in [2.75, 3.05) is 6.61 Å². The molecular weight excluding hydrogens is 570 g/mol. The Labute approximate surface area is 225 Å². The first-order chi connectivity index (χ1) is 17.4. The van der Waals surface area contributed by atoms with Crippen LogP contribution < -0.4 is 10.4 Å². The van der Waals surface area contributed by atoms with Gasteiger partial charge >= 0.3 is 13.5 Å². The first kappa shape index (κ1) is 27.9. The topological polar surface area (TPSA) is 163 Å². The molecular formula is C22H21Cl2N2O9PS. The Morgan fingerprint density at radius 2 is 1.81 bits per heavy atom. The van der Waals surface area contributed by atoms with Crippen LogP contribution >= 0.6 is 43.2 Å². The molecule has 11 nitrogen and oxygen atoms in total. The van der Waals surface area contributed by atoms with E-state index >= 15 is 0 Å². The number of ether oxygens (including phenoxy) is 2. The number of aromatic amines is 1. The Morgan fingerprint density at radius 1 is 1.08 bits per heavy atom. The summed E-state index contributed by atoms with van der Waals surface area (Å²) in [7, 11) is -4.83. The summed E-state index contributed by atoms with van der Waals surface area (Å²) in [5, 5.41) is 21.4. The summed E-state index contributed by atoms with van der Waals surface area (Å²) >= 11 is 17.3. The Bertz CT molecular complexity index is 1460. The van der Waals surface area contributed by atoms with E-state index in [0.717, 1.165) is 10.1 Å². The van der Waals surface area contributed by atoms with Crippen LogP contribution in [0.2, 0.25) is 10.0 Å². The van der Waals surface area contributed by atoms with Gasteiger partial charge in [-0.3, -0.25) is 14.1 Å². The molecule has 0 amide bonds. The zero-order valence-electron chi connectivity index (χ0n) is 18.7. The summed E-state index contributed by atoms with van der Waals surface area (Å²) in [6, 6.07) is 12.0. The lowest BCUT2D eigenvalue weighted by molar-refractivity contribution is -0.0543. The zero-order valence-corrected chi connectivity index (χ0v) is 22.0. The van der Waals surface area contributed by atoms with Crippen LogP contribution in [0.3, 0.4) is 0 Å². The third-order valence-corrected chi connectivity index (χ3v) is 7.07. The van der Waals surface area contributed by atoms with Gasteiger partial charge in [0, 0.05) is 24.2 Å². The highest BCUT2D eigenvalue weighted by Crippen LogP contribution is 2.38. The molecule has 198 valence electrons. The molecule has 0 bridgehead atoms. The molecule has 4 rings (SSSR count). The number of nitrogens with one attached hydrogen (secondary N) is 1. The quantitative estimate of drug-likeness (QED) is 0.194. The fourth-order valence-electron chi connectivity index (χ4n) is 3.72. The van der Waals surface area contributed by atoms with Gasteiger partial charge in [-0.2, -0.15) is 0 Å². The van der Waals surface area contributed by atoms with E-state index in [1.807, 2.05) is 6.07 Å². The van der Waals surface area contributed by atoms with Gasteiger partial charge < -0.3 is 29.5 Å². The van der Waals surface area contributed by atoms with Crippen molar-refractivity contribution in [2.24, 2.45) is 0 Å². The minimum absolute atomic E-state index is 0.159. The number of rotatable bonds is 8. The monoisotopic (exact) mass is 590 g/mol. The number of halogens is 2. The van der Waals surface area contributed by atoms with Crippen LogP contribution in [0.15, 0.2) is 53.5 Å². The summed E-state index contributed by atoms with van der Waals surface area (Å²) < 4.78 is 27.9. The minimum atomic E-state index is -4.83. The molecule has 15 heteroatoms. The lowest BCUT2D eigenvalue weighted by Crippen LogP contribution is -2.36. The molecule has 0 radical (unpaired) electrons. The molecule has 5 N–H and O–H groups in total. The maximum atomic E-state index is 12.6. The molecule has 3 aromatic rings. The van der Waals surface area contributed by atoms with E-state index in [9.17, 15) is 19.6 Å². The highest BCUT2D eigenvalue weighted by molar-refractivity contribution is 7.71. The first-order valence-electron chi connectivity index (χ1n) is 10.7. The number of aromatic nitrogens is 2. The van der Waals surface area contributed by atoms with E-state index in [1.165, 1.54) is 6.20 Å². The number of benzene rings is 2. The molecule has 1 fully saturated rings. The Kier molecular flexibility index (Phi) is 8.56. The van der Waals surface area contributed by atoms with Crippen LogP contribution in [0.25, 0.3) is 0 Å². The van der Waals surface area contributed by atoms with Gasteiger partial charge in [-0.1, -0.05) is 47.6 Å². The Hall–Kier alpha value is -2.09. The predicted molar refractivity (Wildman–Crippen MR) is 136 cm³/mol. The number of H-pyrrole nitrogens is 1. The first-order valence-corrected chi connectivity index (χ1v) is 13.4. The molecule has 0 unspecified atom stereocenters. The number of phosphoric ester groups is 1. The average Bonchev–Trinajstić information content (AvgIpc) is 3.10. The molecule has 1 aromatic heterocycles. The summed E-state index contributed by atoms with van der Waals surface area (Å²) in [6.45, 7) is -0.699. The summed E-state index contributed by atoms with van der Waals surface area (Å²) in [6.07, 6.45) is -4.14. The normalized spacial score (nSPS) is 21.8. The standard InChI is InChI=1S/C22H21Cl2N2O9PS/c23-15-5-4-14(8-16(15)24)34-13-3-1-2-11(7-13)6-12-9-26(22(29)25-20(12)37)21-19(28)18(27)17(35-21)10-33-36(30,31)32/h1-5,7-9,17-19,21,27-28H,6,10H2,(H,25,29,37)(H2,30,31,32)/t17-,18-,19-,21-/m1/s1. The number of phosphoric acid groups is 1. The van der Waals surface area contributed by atoms with Gasteiger partial charge in [0.1, 0.15) is 34.5 Å². The van der Waals surface area contributed by atoms with E-state index in [4.69, 9.17) is 54.7 Å². The van der Waals surface area contributed by atoms with Crippen LogP contribution in [-0.4, -0.2) is 54.5 Å². The van der Waals surface area contributed by atoms with Crippen LogP contribution in [0.4, 0.5) is 0 Å². The van der Waals surface area contributed by atoms with Gasteiger partial charge in [0.25, 0.3) is 0 Å². The van der Waals surface area contributed by atoms with Gasteiger partial charge in [0.15, 0.2) is 6.23 Å². The van der Waals surface area contributed by atoms with Gasteiger partial charge in [-0.25, -0.2) is 9.36 Å². The average molecular weight is 591 g/mol. The van der Waals surface area contributed by atoms with E-state index < -0.39 is 44.7 Å². The lowest BCUT2D eigenvalue weighted by atomic mass is 10.1. The van der Waals surface area contributed by atoms with Gasteiger partial charge in [-0.05, 0) is 29.8 Å². The van der Waals surface area contributed by atoms with Crippen molar-refractivity contribution in [1.82, 2.24) is 9.55 Å². The third-order valence-electron chi connectivity index (χ3n) is 5.48. The highest BCUT2D eigenvalue weighted by atomic mass is 35.5. The smallest absolute Gasteiger partial charge is 0.457 e. The van der Waals surface area contributed by atoms with Crippen molar-refractivity contribution in [3.63, 3.8) is 0 Å². The molecule has 2 aromatic carbocycles. The van der Waals surface area contributed by atoms with Crippen molar-refractivity contribution in [2.45, 2.75) is 31.0 Å². The summed E-state index contributed by atoms with van der Waals surface area (Å²) in [5.41, 5.74) is 0.572. The molecule has 2 heterocycles. The van der Waals surface area contributed by atoms with Crippen LogP contribution in [0.1, 0.15) is 17.4 Å². The number of hydrogen-bond donors (Lipinski definition) is 5. The van der Waals surface area contributed by atoms with Gasteiger partial charge in [0.2, 0.25) is 0 Å². The van der Waals surface area contributed by atoms with E-state index in [0.29, 0.717) is 27.1 Å². The van der Waals surface area contributed by atoms with Crippen molar-refractivity contribution < 1.29 is 38.6 Å². The predicted octanol–water partition coefficient (Wildman–Crippen LogP) is 3.32. The highest BCUT2D eigenvalue weighted by Gasteiger charge is 2.45. The number of nitrogens with zero attached hydrogens (tertiary/aromatic N) is 1. The second-order valence-electron chi connectivity index (χ2n) is 8.16. The molecule has 4 atom stereocenters. The van der Waals surface area contributed by atoms with Crippen LogP contribution in [0.5, 0.6) is 11.5 Å². The molecule has 0 spiro atoms. The zero-order chi connectivity index (χ0) is 26.9. The molecule has 0 saturated carbocycles. The summed E-state index contributed by atoms with van der Waals surface area (Å²) in [4.78, 5) is 32.9. The van der Waals surface area contributed by atoms with Crippen molar-refractivity contribution in [3.05, 3.63) is 85.0 Å². The van der Waals surface area contributed by atoms with Gasteiger partial charge in [-0.15, -0.1) is 0 Å².